The van der Waals surface area contributed by atoms with Gasteiger partial charge >= 0.3 is 0 Å². The highest BCUT2D eigenvalue weighted by atomic mass is 35.5. The lowest BCUT2D eigenvalue weighted by Gasteiger charge is -2.24. The van der Waals surface area contributed by atoms with Gasteiger partial charge in [-0.1, -0.05) is 39.3 Å². The molecule has 0 spiro atoms. The van der Waals surface area contributed by atoms with Crippen LogP contribution >= 0.6 is 11.6 Å². The van der Waals surface area contributed by atoms with Crippen LogP contribution in [0.3, 0.4) is 0 Å². The molecule has 0 fully saturated rings. The second-order valence-electron chi connectivity index (χ2n) is 6.64. The molecule has 1 N–H and O–H groups in total. The predicted molar refractivity (Wildman–Crippen MR) is 95.3 cm³/mol. The molecule has 0 unspecified atom stereocenters. The first kappa shape index (κ1) is 18.3. The Morgan fingerprint density at radius 3 is 1.90 bits per heavy atom. The highest BCUT2D eigenvalue weighted by Crippen LogP contribution is 2.13. The molecule has 0 saturated carbocycles. The van der Waals surface area contributed by atoms with Gasteiger partial charge in [0.05, 0.1) is 0 Å². The molecule has 0 aliphatic rings. The second-order valence-corrected chi connectivity index (χ2v) is 7.08. The molecular formula is C18H31ClN2. The van der Waals surface area contributed by atoms with Crippen molar-refractivity contribution < 1.29 is 0 Å². The van der Waals surface area contributed by atoms with Gasteiger partial charge in [-0.25, -0.2) is 0 Å². The van der Waals surface area contributed by atoms with Gasteiger partial charge in [-0.2, -0.15) is 0 Å². The summed E-state index contributed by atoms with van der Waals surface area (Å²) in [6.07, 6.45) is 2.55. The fourth-order valence-corrected chi connectivity index (χ4v) is 2.27. The number of anilines is 1. The van der Waals surface area contributed by atoms with Gasteiger partial charge in [0.1, 0.15) is 0 Å². The van der Waals surface area contributed by atoms with Crippen molar-refractivity contribution in [2.45, 2.75) is 40.5 Å². The molecule has 1 rings (SSSR count). The number of rotatable bonds is 10. The normalized spacial score (nSPS) is 11.6. The summed E-state index contributed by atoms with van der Waals surface area (Å²) in [5.74, 6) is 1.55. The molecule has 0 aromatic heterocycles. The van der Waals surface area contributed by atoms with Crippen molar-refractivity contribution in [1.29, 1.82) is 0 Å². The van der Waals surface area contributed by atoms with E-state index >= 15 is 0 Å². The monoisotopic (exact) mass is 310 g/mol. The van der Waals surface area contributed by atoms with Crippen LogP contribution < -0.4 is 5.32 Å². The molecule has 120 valence electrons. The zero-order valence-corrected chi connectivity index (χ0v) is 14.8. The van der Waals surface area contributed by atoms with Crippen LogP contribution in [-0.2, 0) is 0 Å². The van der Waals surface area contributed by atoms with Gasteiger partial charge in [0.25, 0.3) is 0 Å². The number of hydrogen-bond acceptors (Lipinski definition) is 2. The highest BCUT2D eigenvalue weighted by molar-refractivity contribution is 6.30. The van der Waals surface area contributed by atoms with Crippen LogP contribution in [0.5, 0.6) is 0 Å². The van der Waals surface area contributed by atoms with E-state index < -0.39 is 0 Å². The third kappa shape index (κ3) is 9.00. The van der Waals surface area contributed by atoms with E-state index in [0.717, 1.165) is 35.6 Å². The average Bonchev–Trinajstić information content (AvgIpc) is 2.43. The zero-order chi connectivity index (χ0) is 15.7. The maximum atomic E-state index is 5.90. The van der Waals surface area contributed by atoms with Crippen molar-refractivity contribution in [1.82, 2.24) is 4.90 Å². The molecule has 0 bridgehead atoms. The van der Waals surface area contributed by atoms with E-state index in [1.54, 1.807) is 0 Å². The number of hydrogen-bond donors (Lipinski definition) is 1. The zero-order valence-electron chi connectivity index (χ0n) is 14.0. The van der Waals surface area contributed by atoms with Crippen molar-refractivity contribution in [3.63, 3.8) is 0 Å². The van der Waals surface area contributed by atoms with Crippen molar-refractivity contribution in [3.8, 4) is 0 Å². The SMILES string of the molecule is CC(C)CCN(CCNc1ccc(Cl)cc1)CCC(C)C. The van der Waals surface area contributed by atoms with Crippen molar-refractivity contribution in [3.05, 3.63) is 29.3 Å². The first-order chi connectivity index (χ1) is 9.97. The maximum absolute atomic E-state index is 5.90. The van der Waals surface area contributed by atoms with Gasteiger partial charge in [0, 0.05) is 23.8 Å². The highest BCUT2D eigenvalue weighted by Gasteiger charge is 2.07. The fraction of sp³-hybridized carbons (Fsp3) is 0.667. The first-order valence-electron chi connectivity index (χ1n) is 8.19. The van der Waals surface area contributed by atoms with Crippen LogP contribution in [0.2, 0.25) is 5.02 Å². The maximum Gasteiger partial charge on any atom is 0.0407 e. The van der Waals surface area contributed by atoms with Crippen LogP contribution in [0.4, 0.5) is 5.69 Å². The molecule has 0 atom stereocenters. The van der Waals surface area contributed by atoms with Crippen LogP contribution in [0.25, 0.3) is 0 Å². The molecule has 0 saturated heterocycles. The van der Waals surface area contributed by atoms with Gasteiger partial charge < -0.3 is 10.2 Å². The quantitative estimate of drug-likeness (QED) is 0.643. The Hall–Kier alpha value is -0.730. The van der Waals surface area contributed by atoms with Crippen LogP contribution in [0, 0.1) is 11.8 Å². The van der Waals surface area contributed by atoms with Crippen molar-refractivity contribution in [2.24, 2.45) is 11.8 Å². The Morgan fingerprint density at radius 2 is 1.43 bits per heavy atom. The van der Waals surface area contributed by atoms with Gasteiger partial charge in [-0.3, -0.25) is 0 Å². The van der Waals surface area contributed by atoms with Gasteiger partial charge in [0.15, 0.2) is 0 Å². The van der Waals surface area contributed by atoms with Crippen molar-refractivity contribution in [2.75, 3.05) is 31.5 Å². The van der Waals surface area contributed by atoms with Gasteiger partial charge in [-0.15, -0.1) is 0 Å². The van der Waals surface area contributed by atoms with E-state index in [1.807, 2.05) is 24.3 Å². The Balaban J connectivity index is 2.34. The lowest BCUT2D eigenvalue weighted by Crippen LogP contribution is -2.32. The molecule has 0 radical (unpaired) electrons. The number of nitrogens with one attached hydrogen (secondary N) is 1. The minimum absolute atomic E-state index is 0.774. The second kappa shape index (κ2) is 10.1. The third-order valence-corrected chi connectivity index (χ3v) is 3.90. The van der Waals surface area contributed by atoms with E-state index in [9.17, 15) is 0 Å². The Morgan fingerprint density at radius 1 is 0.905 bits per heavy atom. The van der Waals surface area contributed by atoms with Crippen LogP contribution in [0.1, 0.15) is 40.5 Å². The smallest absolute Gasteiger partial charge is 0.0407 e. The number of benzene rings is 1. The van der Waals surface area contributed by atoms with E-state index in [0.29, 0.717) is 0 Å². The summed E-state index contributed by atoms with van der Waals surface area (Å²) in [4.78, 5) is 2.59. The predicted octanol–water partition coefficient (Wildman–Crippen LogP) is 5.15. The third-order valence-electron chi connectivity index (χ3n) is 3.65. The lowest BCUT2D eigenvalue weighted by molar-refractivity contribution is 0.252. The summed E-state index contributed by atoms with van der Waals surface area (Å²) in [6.45, 7) is 13.7. The summed E-state index contributed by atoms with van der Waals surface area (Å²) in [7, 11) is 0. The molecule has 1 aromatic rings. The Labute approximate surface area is 135 Å². The molecule has 1 aromatic carbocycles. The summed E-state index contributed by atoms with van der Waals surface area (Å²) in [6, 6.07) is 7.93. The minimum Gasteiger partial charge on any atom is -0.384 e. The molecular weight excluding hydrogens is 280 g/mol. The minimum atomic E-state index is 0.774. The Kier molecular flexibility index (Phi) is 8.79. The molecule has 3 heteroatoms. The van der Waals surface area contributed by atoms with E-state index in [2.05, 4.69) is 37.9 Å². The molecule has 2 nitrogen and oxygen atoms in total. The topological polar surface area (TPSA) is 15.3 Å². The van der Waals surface area contributed by atoms with E-state index in [1.165, 1.54) is 25.9 Å². The van der Waals surface area contributed by atoms with Gasteiger partial charge in [-0.05, 0) is 62.0 Å². The van der Waals surface area contributed by atoms with Crippen molar-refractivity contribution >= 4 is 17.3 Å². The Bertz CT molecular complexity index is 361. The lowest BCUT2D eigenvalue weighted by atomic mass is 10.1. The standard InChI is InChI=1S/C18H31ClN2/c1-15(2)9-12-21(13-10-16(3)4)14-11-20-18-7-5-17(19)6-8-18/h5-8,15-16,20H,9-14H2,1-4H3. The summed E-state index contributed by atoms with van der Waals surface area (Å²) in [5.41, 5.74) is 1.15. The molecule has 0 aliphatic heterocycles. The van der Waals surface area contributed by atoms with E-state index in [4.69, 9.17) is 11.6 Å². The molecule has 0 aliphatic carbocycles. The first-order valence-corrected chi connectivity index (χ1v) is 8.57. The number of nitrogens with zero attached hydrogens (tertiary/aromatic N) is 1. The van der Waals surface area contributed by atoms with Gasteiger partial charge in [0.2, 0.25) is 0 Å². The fourth-order valence-electron chi connectivity index (χ4n) is 2.14. The molecule has 0 amide bonds. The number of halogens is 1. The largest absolute Gasteiger partial charge is 0.384 e. The van der Waals surface area contributed by atoms with Crippen LogP contribution in [-0.4, -0.2) is 31.1 Å². The summed E-state index contributed by atoms with van der Waals surface area (Å²) in [5, 5.41) is 4.27. The summed E-state index contributed by atoms with van der Waals surface area (Å²) >= 11 is 5.90. The van der Waals surface area contributed by atoms with E-state index in [-0.39, 0.29) is 0 Å². The van der Waals surface area contributed by atoms with Crippen LogP contribution in [0.15, 0.2) is 24.3 Å². The molecule has 21 heavy (non-hydrogen) atoms. The summed E-state index contributed by atoms with van der Waals surface area (Å²) < 4.78 is 0. The average molecular weight is 311 g/mol. The molecule has 0 heterocycles.